The van der Waals surface area contributed by atoms with Gasteiger partial charge in [-0.15, -0.1) is 0 Å². The second-order valence-corrected chi connectivity index (χ2v) is 8.06. The number of aryl methyl sites for hydroxylation is 1. The Hall–Kier alpha value is -3.09. The van der Waals surface area contributed by atoms with Gasteiger partial charge in [0, 0.05) is 11.6 Å². The number of carbonyl (C=O) groups is 1. The summed E-state index contributed by atoms with van der Waals surface area (Å²) in [6, 6.07) is 9.32. The summed E-state index contributed by atoms with van der Waals surface area (Å²) in [6.07, 6.45) is 3.56. The number of rotatable bonds is 4. The van der Waals surface area contributed by atoms with Gasteiger partial charge < -0.3 is 14.6 Å². The van der Waals surface area contributed by atoms with Gasteiger partial charge in [0.05, 0.1) is 36.4 Å². The molecule has 2 heterocycles. The molecule has 1 aromatic carbocycles. The number of fused-ring (bicyclic) bond motifs is 1. The summed E-state index contributed by atoms with van der Waals surface area (Å²) in [7, 11) is 1.65. The van der Waals surface area contributed by atoms with E-state index in [0.717, 1.165) is 35.5 Å². The van der Waals surface area contributed by atoms with Gasteiger partial charge in [0.15, 0.2) is 0 Å². The molecule has 0 fully saturated rings. The van der Waals surface area contributed by atoms with Crippen LogP contribution >= 0.6 is 0 Å². The molecule has 1 atom stereocenters. The van der Waals surface area contributed by atoms with Gasteiger partial charge in [-0.1, -0.05) is 19.0 Å². The molecule has 1 aliphatic carbocycles. The third-order valence-corrected chi connectivity index (χ3v) is 5.15. The first-order valence-corrected chi connectivity index (χ1v) is 9.32. The molecule has 0 bridgehead atoms. The molecule has 0 saturated carbocycles. The molecule has 0 radical (unpaired) electrons. The average molecular weight is 380 g/mol. The minimum absolute atomic E-state index is 0.0204. The zero-order valence-electron chi connectivity index (χ0n) is 16.5. The highest BCUT2D eigenvalue weighted by Crippen LogP contribution is 2.41. The summed E-state index contributed by atoms with van der Waals surface area (Å²) in [5, 5.41) is 11.5. The van der Waals surface area contributed by atoms with Gasteiger partial charge in [-0.25, -0.2) is 4.68 Å². The molecule has 7 nitrogen and oxygen atoms in total. The molecule has 4 rings (SSSR count). The SMILES string of the molecule is COc1ccc(-n2ncc3c2CC(C)(C)C[C@@H]3NC(=O)c2cc(C)no2)cc1. The maximum absolute atomic E-state index is 12.6. The van der Waals surface area contributed by atoms with Crippen molar-refractivity contribution in [3.05, 3.63) is 59.2 Å². The highest BCUT2D eigenvalue weighted by Gasteiger charge is 2.36. The minimum Gasteiger partial charge on any atom is -0.497 e. The minimum atomic E-state index is -0.258. The number of methoxy groups -OCH3 is 1. The van der Waals surface area contributed by atoms with E-state index in [2.05, 4.69) is 29.4 Å². The highest BCUT2D eigenvalue weighted by atomic mass is 16.5. The Balaban J connectivity index is 1.66. The number of hydrogen-bond acceptors (Lipinski definition) is 5. The summed E-state index contributed by atoms with van der Waals surface area (Å²) in [5.74, 6) is 0.772. The number of hydrogen-bond donors (Lipinski definition) is 1. The lowest BCUT2D eigenvalue weighted by Gasteiger charge is -2.35. The van der Waals surface area contributed by atoms with Crippen LogP contribution < -0.4 is 10.1 Å². The summed E-state index contributed by atoms with van der Waals surface area (Å²) >= 11 is 0. The van der Waals surface area contributed by atoms with Crippen LogP contribution in [0.1, 0.15) is 53.8 Å². The molecule has 0 aliphatic heterocycles. The molecular formula is C21H24N4O3. The lowest BCUT2D eigenvalue weighted by atomic mass is 9.74. The van der Waals surface area contributed by atoms with Crippen molar-refractivity contribution in [2.24, 2.45) is 5.41 Å². The predicted molar refractivity (Wildman–Crippen MR) is 104 cm³/mol. The van der Waals surface area contributed by atoms with Crippen molar-refractivity contribution in [2.45, 2.75) is 39.7 Å². The number of ether oxygens (including phenoxy) is 1. The van der Waals surface area contributed by atoms with E-state index in [-0.39, 0.29) is 23.1 Å². The summed E-state index contributed by atoms with van der Waals surface area (Å²) in [6.45, 7) is 6.21. The average Bonchev–Trinajstić information content (AvgIpc) is 3.27. The molecule has 3 aromatic rings. The van der Waals surface area contributed by atoms with Crippen molar-refractivity contribution < 1.29 is 14.1 Å². The van der Waals surface area contributed by atoms with Crippen LogP contribution in [-0.4, -0.2) is 28.0 Å². The lowest BCUT2D eigenvalue weighted by Crippen LogP contribution is -2.36. The quantitative estimate of drug-likeness (QED) is 0.747. The van der Waals surface area contributed by atoms with Crippen LogP contribution in [0.5, 0.6) is 5.75 Å². The summed E-state index contributed by atoms with van der Waals surface area (Å²) < 4.78 is 12.3. The molecule has 0 saturated heterocycles. The van der Waals surface area contributed by atoms with E-state index in [4.69, 9.17) is 9.26 Å². The molecule has 28 heavy (non-hydrogen) atoms. The summed E-state index contributed by atoms with van der Waals surface area (Å²) in [5.41, 5.74) is 3.82. The number of amides is 1. The van der Waals surface area contributed by atoms with Crippen LogP contribution in [0.2, 0.25) is 0 Å². The Bertz CT molecular complexity index is 1000. The number of benzene rings is 1. The van der Waals surface area contributed by atoms with E-state index in [1.54, 1.807) is 20.1 Å². The van der Waals surface area contributed by atoms with E-state index in [9.17, 15) is 4.79 Å². The first kappa shape index (κ1) is 18.3. The fraction of sp³-hybridized carbons (Fsp3) is 0.381. The van der Waals surface area contributed by atoms with E-state index in [0.29, 0.717) is 5.69 Å². The zero-order chi connectivity index (χ0) is 19.9. The van der Waals surface area contributed by atoms with Crippen molar-refractivity contribution in [3.63, 3.8) is 0 Å². The first-order chi connectivity index (χ1) is 13.4. The van der Waals surface area contributed by atoms with Crippen LogP contribution in [0.3, 0.4) is 0 Å². The standard InChI is InChI=1S/C21H24N4O3/c1-13-9-19(28-24-13)20(26)23-17-10-21(2,3)11-18-16(17)12-22-25(18)14-5-7-15(27-4)8-6-14/h5-9,12,17H,10-11H2,1-4H3,(H,23,26)/t17-/m0/s1. The molecule has 2 aromatic heterocycles. The van der Waals surface area contributed by atoms with Crippen molar-refractivity contribution >= 4 is 5.91 Å². The third-order valence-electron chi connectivity index (χ3n) is 5.15. The van der Waals surface area contributed by atoms with Crippen molar-refractivity contribution in [2.75, 3.05) is 7.11 Å². The Labute approximate surface area is 163 Å². The first-order valence-electron chi connectivity index (χ1n) is 9.32. The fourth-order valence-electron chi connectivity index (χ4n) is 3.82. The Morgan fingerprint density at radius 3 is 2.71 bits per heavy atom. The molecule has 7 heteroatoms. The van der Waals surface area contributed by atoms with E-state index < -0.39 is 0 Å². The molecule has 0 spiro atoms. The molecule has 0 unspecified atom stereocenters. The predicted octanol–water partition coefficient (Wildman–Crippen LogP) is 3.62. The molecule has 1 N–H and O–H groups in total. The van der Waals surface area contributed by atoms with Crippen LogP contribution in [0.4, 0.5) is 0 Å². The Morgan fingerprint density at radius 2 is 2.07 bits per heavy atom. The number of carbonyl (C=O) groups excluding carboxylic acids is 1. The van der Waals surface area contributed by atoms with Gasteiger partial charge >= 0.3 is 0 Å². The Morgan fingerprint density at radius 1 is 1.32 bits per heavy atom. The number of nitrogens with one attached hydrogen (secondary N) is 1. The second kappa shape index (κ2) is 6.82. The summed E-state index contributed by atoms with van der Waals surface area (Å²) in [4.78, 5) is 12.6. The van der Waals surface area contributed by atoms with Gasteiger partial charge in [0.2, 0.25) is 5.76 Å². The monoisotopic (exact) mass is 380 g/mol. The maximum Gasteiger partial charge on any atom is 0.290 e. The topological polar surface area (TPSA) is 82.2 Å². The van der Waals surface area contributed by atoms with Crippen molar-refractivity contribution in [1.82, 2.24) is 20.3 Å². The molecular weight excluding hydrogens is 356 g/mol. The second-order valence-electron chi connectivity index (χ2n) is 8.06. The van der Waals surface area contributed by atoms with Gasteiger partial charge in [-0.2, -0.15) is 5.10 Å². The van der Waals surface area contributed by atoms with Gasteiger partial charge in [0.1, 0.15) is 5.75 Å². The molecule has 1 amide bonds. The third kappa shape index (κ3) is 3.40. The molecule has 146 valence electrons. The van der Waals surface area contributed by atoms with E-state index >= 15 is 0 Å². The van der Waals surface area contributed by atoms with Crippen LogP contribution in [0, 0.1) is 12.3 Å². The van der Waals surface area contributed by atoms with Crippen LogP contribution in [0.15, 0.2) is 41.1 Å². The van der Waals surface area contributed by atoms with Gasteiger partial charge in [-0.05, 0) is 49.4 Å². The van der Waals surface area contributed by atoms with E-state index in [1.807, 2.05) is 35.1 Å². The Kier molecular flexibility index (Phi) is 4.45. The smallest absolute Gasteiger partial charge is 0.290 e. The largest absolute Gasteiger partial charge is 0.497 e. The van der Waals surface area contributed by atoms with E-state index in [1.165, 1.54) is 0 Å². The van der Waals surface area contributed by atoms with Crippen LogP contribution in [0.25, 0.3) is 5.69 Å². The normalized spacial score (nSPS) is 17.8. The fourth-order valence-corrected chi connectivity index (χ4v) is 3.82. The highest BCUT2D eigenvalue weighted by molar-refractivity contribution is 5.91. The van der Waals surface area contributed by atoms with Crippen molar-refractivity contribution in [3.8, 4) is 11.4 Å². The molecule has 1 aliphatic rings. The zero-order valence-corrected chi connectivity index (χ0v) is 16.5. The number of aromatic nitrogens is 3. The van der Waals surface area contributed by atoms with Crippen molar-refractivity contribution in [1.29, 1.82) is 0 Å². The number of nitrogens with zero attached hydrogens (tertiary/aromatic N) is 3. The lowest BCUT2D eigenvalue weighted by molar-refractivity contribution is 0.0881. The maximum atomic E-state index is 12.6. The van der Waals surface area contributed by atoms with Gasteiger partial charge in [-0.3, -0.25) is 4.79 Å². The van der Waals surface area contributed by atoms with Crippen LogP contribution in [-0.2, 0) is 6.42 Å². The van der Waals surface area contributed by atoms with Gasteiger partial charge in [0.25, 0.3) is 5.91 Å².